The minimum absolute atomic E-state index is 0.799. The Labute approximate surface area is 104 Å². The van der Waals surface area contributed by atoms with Gasteiger partial charge in [0.1, 0.15) is 5.60 Å². The smallest absolute Gasteiger partial charge is 0.408 e. The summed E-state index contributed by atoms with van der Waals surface area (Å²) in [7, 11) is 0. The summed E-state index contributed by atoms with van der Waals surface area (Å²) in [5.74, 6) is -2.92. The van der Waals surface area contributed by atoms with Gasteiger partial charge in [-0.3, -0.25) is 4.79 Å². The zero-order valence-corrected chi connectivity index (χ0v) is 10.3. The molecule has 4 N–H and O–H groups in total. The molecule has 18 heavy (non-hydrogen) atoms. The molecule has 2 unspecified atom stereocenters. The summed E-state index contributed by atoms with van der Waals surface area (Å²) in [5, 5.41) is 28.5. The number of aliphatic hydroxyl groups excluding tert-OH is 1. The van der Waals surface area contributed by atoms with Gasteiger partial charge in [-0.2, -0.15) is 0 Å². The molecule has 0 fully saturated rings. The van der Waals surface area contributed by atoms with E-state index in [2.05, 4.69) is 0 Å². The largest absolute Gasteiger partial charge is 0.481 e. The molecule has 8 heteroatoms. The number of carboxylic acids is 2. The summed E-state index contributed by atoms with van der Waals surface area (Å²) in [6.07, 6.45) is -3.58. The Hall–Kier alpha value is -1.83. The highest BCUT2D eigenvalue weighted by Gasteiger charge is 2.31. The van der Waals surface area contributed by atoms with E-state index in [0.717, 1.165) is 0 Å². The molecule has 0 aliphatic rings. The van der Waals surface area contributed by atoms with Gasteiger partial charge in [0.05, 0.1) is 12.5 Å². The van der Waals surface area contributed by atoms with Crippen LogP contribution in [0.3, 0.4) is 0 Å². The van der Waals surface area contributed by atoms with E-state index in [-0.39, 0.29) is 0 Å². The number of ether oxygens (including phenoxy) is 1. The standard InChI is InChI=1S/C10H17NO7/c1-10(2,3)18-9(17)11-7(8(15)16)5(12)4-6(13)14/h5,7,12H,4H2,1-3H3,(H,11,17)(H,13,14)(H,15,16). The summed E-state index contributed by atoms with van der Waals surface area (Å²) < 4.78 is 4.80. The fourth-order valence-corrected chi connectivity index (χ4v) is 1.05. The number of aliphatic hydroxyl groups is 1. The number of amides is 1. The van der Waals surface area contributed by atoms with Gasteiger partial charge < -0.3 is 25.4 Å². The molecule has 0 aromatic carbocycles. The van der Waals surface area contributed by atoms with Crippen LogP contribution >= 0.6 is 0 Å². The number of alkyl carbamates (subject to hydrolysis) is 1. The van der Waals surface area contributed by atoms with E-state index >= 15 is 0 Å². The van der Waals surface area contributed by atoms with Crippen LogP contribution in [0, 0.1) is 0 Å². The average Bonchev–Trinajstić information content (AvgIpc) is 2.09. The molecule has 8 nitrogen and oxygen atoms in total. The van der Waals surface area contributed by atoms with E-state index in [1.54, 1.807) is 20.8 Å². The van der Waals surface area contributed by atoms with Gasteiger partial charge in [-0.1, -0.05) is 0 Å². The van der Waals surface area contributed by atoms with Crippen LogP contribution in [0.1, 0.15) is 27.2 Å². The number of rotatable bonds is 5. The quantitative estimate of drug-likeness (QED) is 0.539. The second-order valence-electron chi connectivity index (χ2n) is 4.63. The maximum absolute atomic E-state index is 11.3. The molecular formula is C10H17NO7. The van der Waals surface area contributed by atoms with Crippen LogP contribution in [0.2, 0.25) is 0 Å². The third-order valence-corrected chi connectivity index (χ3v) is 1.71. The van der Waals surface area contributed by atoms with Crippen LogP contribution < -0.4 is 5.32 Å². The van der Waals surface area contributed by atoms with Crippen molar-refractivity contribution in [3.63, 3.8) is 0 Å². The lowest BCUT2D eigenvalue weighted by molar-refractivity contribution is -0.145. The first-order valence-corrected chi connectivity index (χ1v) is 5.15. The minimum Gasteiger partial charge on any atom is -0.481 e. The molecule has 0 spiro atoms. The van der Waals surface area contributed by atoms with Crippen molar-refractivity contribution in [2.45, 2.75) is 44.9 Å². The van der Waals surface area contributed by atoms with E-state index in [0.29, 0.717) is 0 Å². The van der Waals surface area contributed by atoms with Crippen molar-refractivity contribution in [2.75, 3.05) is 0 Å². The number of hydrogen-bond donors (Lipinski definition) is 4. The second kappa shape index (κ2) is 6.20. The topological polar surface area (TPSA) is 133 Å². The lowest BCUT2D eigenvalue weighted by Crippen LogP contribution is -2.50. The third kappa shape index (κ3) is 6.69. The first kappa shape index (κ1) is 16.2. The monoisotopic (exact) mass is 263 g/mol. The van der Waals surface area contributed by atoms with Crippen LogP contribution in [-0.2, 0) is 14.3 Å². The molecule has 0 radical (unpaired) electrons. The molecule has 0 saturated heterocycles. The Kier molecular flexibility index (Phi) is 5.57. The number of carboxylic acid groups (broad SMARTS) is 2. The van der Waals surface area contributed by atoms with Crippen LogP contribution in [0.25, 0.3) is 0 Å². The van der Waals surface area contributed by atoms with E-state index in [1.807, 2.05) is 5.32 Å². The SMILES string of the molecule is CC(C)(C)OC(=O)NC(C(=O)O)C(O)CC(=O)O. The highest BCUT2D eigenvalue weighted by molar-refractivity contribution is 5.81. The van der Waals surface area contributed by atoms with Crippen LogP contribution in [0.15, 0.2) is 0 Å². The predicted molar refractivity (Wildman–Crippen MR) is 59.1 cm³/mol. The Morgan fingerprint density at radius 2 is 1.72 bits per heavy atom. The first-order chi connectivity index (χ1) is 8.03. The van der Waals surface area contributed by atoms with Crippen LogP contribution in [-0.4, -0.2) is 51.1 Å². The summed E-state index contributed by atoms with van der Waals surface area (Å²) in [6, 6.07) is -1.74. The Morgan fingerprint density at radius 3 is 2.06 bits per heavy atom. The van der Waals surface area contributed by atoms with Crippen molar-refractivity contribution < 1.29 is 34.4 Å². The lowest BCUT2D eigenvalue weighted by atomic mass is 10.1. The second-order valence-corrected chi connectivity index (χ2v) is 4.63. The summed E-state index contributed by atoms with van der Waals surface area (Å²) in [5.41, 5.74) is -0.828. The van der Waals surface area contributed by atoms with Crippen molar-refractivity contribution in [2.24, 2.45) is 0 Å². The molecule has 1 amide bonds. The summed E-state index contributed by atoms with van der Waals surface area (Å²) in [4.78, 5) is 32.5. The maximum atomic E-state index is 11.3. The summed E-state index contributed by atoms with van der Waals surface area (Å²) >= 11 is 0. The highest BCUT2D eigenvalue weighted by atomic mass is 16.6. The minimum atomic E-state index is -1.74. The fourth-order valence-electron chi connectivity index (χ4n) is 1.05. The van der Waals surface area contributed by atoms with Crippen molar-refractivity contribution in [3.05, 3.63) is 0 Å². The number of hydrogen-bond acceptors (Lipinski definition) is 5. The van der Waals surface area contributed by atoms with Crippen molar-refractivity contribution >= 4 is 18.0 Å². The van der Waals surface area contributed by atoms with Crippen molar-refractivity contribution in [1.82, 2.24) is 5.32 Å². The fraction of sp³-hybridized carbons (Fsp3) is 0.700. The average molecular weight is 263 g/mol. The molecule has 0 aliphatic carbocycles. The number of carbonyl (C=O) groups is 3. The van der Waals surface area contributed by atoms with Gasteiger partial charge in [0.15, 0.2) is 6.04 Å². The van der Waals surface area contributed by atoms with Gasteiger partial charge in [-0.05, 0) is 20.8 Å². The molecule has 0 heterocycles. The van der Waals surface area contributed by atoms with E-state index in [9.17, 15) is 19.5 Å². The van der Waals surface area contributed by atoms with Gasteiger partial charge >= 0.3 is 18.0 Å². The van der Waals surface area contributed by atoms with Gasteiger partial charge in [-0.25, -0.2) is 9.59 Å². The van der Waals surface area contributed by atoms with Gasteiger partial charge in [0.2, 0.25) is 0 Å². The van der Waals surface area contributed by atoms with Crippen molar-refractivity contribution in [3.8, 4) is 0 Å². The third-order valence-electron chi connectivity index (χ3n) is 1.71. The Bertz CT molecular complexity index is 334. The molecule has 0 saturated carbocycles. The van der Waals surface area contributed by atoms with E-state index in [4.69, 9.17) is 14.9 Å². The Balaban J connectivity index is 4.59. The first-order valence-electron chi connectivity index (χ1n) is 5.15. The number of aliphatic carboxylic acids is 2. The van der Waals surface area contributed by atoms with Crippen molar-refractivity contribution in [1.29, 1.82) is 0 Å². The molecule has 0 aromatic heterocycles. The van der Waals surface area contributed by atoms with Gasteiger partial charge in [-0.15, -0.1) is 0 Å². The maximum Gasteiger partial charge on any atom is 0.408 e. The molecular weight excluding hydrogens is 246 g/mol. The number of carbonyl (C=O) groups excluding carboxylic acids is 1. The molecule has 0 aromatic rings. The zero-order valence-electron chi connectivity index (χ0n) is 10.3. The van der Waals surface area contributed by atoms with Crippen LogP contribution in [0.4, 0.5) is 4.79 Å². The Morgan fingerprint density at radius 1 is 1.22 bits per heavy atom. The molecule has 0 rings (SSSR count). The van der Waals surface area contributed by atoms with E-state index < -0.39 is 42.2 Å². The highest BCUT2D eigenvalue weighted by Crippen LogP contribution is 2.08. The number of nitrogens with one attached hydrogen (secondary N) is 1. The van der Waals surface area contributed by atoms with Gasteiger partial charge in [0.25, 0.3) is 0 Å². The predicted octanol–water partition coefficient (Wildman–Crippen LogP) is -0.200. The van der Waals surface area contributed by atoms with Crippen LogP contribution in [0.5, 0.6) is 0 Å². The molecule has 0 bridgehead atoms. The lowest BCUT2D eigenvalue weighted by Gasteiger charge is -2.23. The molecule has 104 valence electrons. The van der Waals surface area contributed by atoms with Gasteiger partial charge in [0, 0.05) is 0 Å². The zero-order chi connectivity index (χ0) is 14.5. The normalized spacial score (nSPS) is 14.4. The molecule has 0 aliphatic heterocycles. The van der Waals surface area contributed by atoms with E-state index in [1.165, 1.54) is 0 Å². The molecule has 2 atom stereocenters. The summed E-state index contributed by atoms with van der Waals surface area (Å²) in [6.45, 7) is 4.74.